The summed E-state index contributed by atoms with van der Waals surface area (Å²) in [6.45, 7) is 9.70. The summed E-state index contributed by atoms with van der Waals surface area (Å²) in [6, 6.07) is 12.5. The molecule has 1 heterocycles. The molecule has 1 saturated carbocycles. The monoisotopic (exact) mass is 468 g/mol. The zero-order valence-electron chi connectivity index (χ0n) is 20.0. The molecule has 0 unspecified atom stereocenters. The van der Waals surface area contributed by atoms with Crippen molar-refractivity contribution in [2.24, 2.45) is 11.3 Å². The Morgan fingerprint density at radius 3 is 2.12 bits per heavy atom. The zero-order valence-corrected chi connectivity index (χ0v) is 20.8. The molecule has 0 bridgehead atoms. The lowest BCUT2D eigenvalue weighted by Gasteiger charge is -2.41. The van der Waals surface area contributed by atoms with Gasteiger partial charge in [0.1, 0.15) is 0 Å². The summed E-state index contributed by atoms with van der Waals surface area (Å²) in [5.74, 6) is 0.218. The molecule has 0 N–H and O–H groups in total. The van der Waals surface area contributed by atoms with Crippen LogP contribution in [0.1, 0.15) is 47.5 Å². The average molecular weight is 469 g/mol. The number of fused-ring (bicyclic) bond motifs is 1. The summed E-state index contributed by atoms with van der Waals surface area (Å²) in [5, 5.41) is 0. The molecule has 0 radical (unpaired) electrons. The van der Waals surface area contributed by atoms with E-state index >= 15 is 0 Å². The van der Waals surface area contributed by atoms with Crippen LogP contribution in [0.5, 0.6) is 0 Å². The summed E-state index contributed by atoms with van der Waals surface area (Å²) >= 11 is 0. The van der Waals surface area contributed by atoms with Crippen LogP contribution in [-0.2, 0) is 19.4 Å². The van der Waals surface area contributed by atoms with Crippen LogP contribution in [0.25, 0.3) is 11.1 Å². The summed E-state index contributed by atoms with van der Waals surface area (Å²) in [7, 11) is -3.37. The Morgan fingerprint density at radius 1 is 0.970 bits per heavy atom. The van der Waals surface area contributed by atoms with Gasteiger partial charge in [0.15, 0.2) is 9.84 Å². The number of anilines is 2. The predicted octanol–water partition coefficient (Wildman–Crippen LogP) is 4.67. The van der Waals surface area contributed by atoms with Gasteiger partial charge in [-0.25, -0.2) is 8.42 Å². The van der Waals surface area contributed by atoms with E-state index in [1.165, 1.54) is 0 Å². The van der Waals surface area contributed by atoms with Gasteiger partial charge in [-0.2, -0.15) is 0 Å². The second-order valence-corrected chi connectivity index (χ2v) is 12.5. The second kappa shape index (κ2) is 8.28. The number of hydrogen-bond donors (Lipinski definition) is 0. The van der Waals surface area contributed by atoms with E-state index in [-0.39, 0.29) is 34.9 Å². The SMILES string of the molecule is CC(=O)N1c2ccc(-c3ccc(S(=O)(=O)CC(C)(C)C)cc3)cc2N(C(=O)C2CC2)C[C@@H]1C. The van der Waals surface area contributed by atoms with E-state index in [9.17, 15) is 18.0 Å². The van der Waals surface area contributed by atoms with Crippen molar-refractivity contribution in [3.8, 4) is 11.1 Å². The molecule has 1 aliphatic carbocycles. The zero-order chi connectivity index (χ0) is 24.1. The highest BCUT2D eigenvalue weighted by Crippen LogP contribution is 2.42. The highest BCUT2D eigenvalue weighted by atomic mass is 32.2. The fraction of sp³-hybridized carbons (Fsp3) is 0.462. The molecular weight excluding hydrogens is 436 g/mol. The Kier molecular flexibility index (Phi) is 5.89. The fourth-order valence-corrected chi connectivity index (χ4v) is 6.41. The van der Waals surface area contributed by atoms with Crippen molar-refractivity contribution in [2.45, 2.75) is 58.4 Å². The van der Waals surface area contributed by atoms with Gasteiger partial charge >= 0.3 is 0 Å². The number of sulfone groups is 1. The van der Waals surface area contributed by atoms with Gasteiger partial charge in [0, 0.05) is 19.4 Å². The summed E-state index contributed by atoms with van der Waals surface area (Å²) in [4.78, 5) is 29.2. The summed E-state index contributed by atoms with van der Waals surface area (Å²) in [6.07, 6.45) is 1.83. The molecule has 6 nitrogen and oxygen atoms in total. The Balaban J connectivity index is 1.71. The van der Waals surface area contributed by atoms with Crippen molar-refractivity contribution in [1.29, 1.82) is 0 Å². The number of benzene rings is 2. The van der Waals surface area contributed by atoms with Crippen molar-refractivity contribution in [1.82, 2.24) is 0 Å². The van der Waals surface area contributed by atoms with Crippen LogP contribution in [0, 0.1) is 11.3 Å². The van der Waals surface area contributed by atoms with Gasteiger partial charge in [-0.15, -0.1) is 0 Å². The minimum Gasteiger partial charge on any atom is -0.308 e. The molecule has 7 heteroatoms. The van der Waals surface area contributed by atoms with Crippen LogP contribution in [0.4, 0.5) is 11.4 Å². The van der Waals surface area contributed by atoms with E-state index in [2.05, 4.69) is 0 Å². The van der Waals surface area contributed by atoms with Crippen LogP contribution < -0.4 is 9.80 Å². The molecule has 0 spiro atoms. The van der Waals surface area contributed by atoms with Gasteiger partial charge in [0.05, 0.1) is 28.1 Å². The first-order chi connectivity index (χ1) is 15.4. The van der Waals surface area contributed by atoms with Crippen molar-refractivity contribution in [3.63, 3.8) is 0 Å². The molecule has 176 valence electrons. The predicted molar refractivity (Wildman–Crippen MR) is 131 cm³/mol. The van der Waals surface area contributed by atoms with E-state index in [1.54, 1.807) is 36.1 Å². The first-order valence-corrected chi connectivity index (χ1v) is 13.1. The smallest absolute Gasteiger partial charge is 0.230 e. The van der Waals surface area contributed by atoms with Crippen molar-refractivity contribution < 1.29 is 18.0 Å². The quantitative estimate of drug-likeness (QED) is 0.653. The maximum atomic E-state index is 13.0. The van der Waals surface area contributed by atoms with Gasteiger partial charge < -0.3 is 9.80 Å². The standard InChI is InChI=1S/C26H32N2O4S/c1-17-15-27(25(30)20-6-7-20)24-14-21(10-13-23(24)28(17)18(2)29)19-8-11-22(12-9-19)33(31,32)16-26(3,4)5/h8-14,17,20H,6-7,15-16H2,1-5H3/t17-/m0/s1. The first kappa shape index (κ1) is 23.5. The molecule has 2 aliphatic rings. The average Bonchev–Trinajstić information content (AvgIpc) is 3.56. The van der Waals surface area contributed by atoms with Crippen LogP contribution in [0.15, 0.2) is 47.4 Å². The van der Waals surface area contributed by atoms with E-state index in [1.807, 2.05) is 50.8 Å². The summed E-state index contributed by atoms with van der Waals surface area (Å²) < 4.78 is 25.4. The van der Waals surface area contributed by atoms with Crippen LogP contribution >= 0.6 is 0 Å². The molecule has 1 aliphatic heterocycles. The highest BCUT2D eigenvalue weighted by molar-refractivity contribution is 7.91. The third-order valence-electron chi connectivity index (χ3n) is 6.11. The highest BCUT2D eigenvalue weighted by Gasteiger charge is 2.39. The van der Waals surface area contributed by atoms with Crippen molar-refractivity contribution in [2.75, 3.05) is 22.1 Å². The minimum atomic E-state index is -3.37. The molecule has 2 aromatic rings. The molecule has 2 aromatic carbocycles. The molecule has 0 saturated heterocycles. The lowest BCUT2D eigenvalue weighted by molar-refractivity contribution is -0.120. The Bertz CT molecular complexity index is 1190. The van der Waals surface area contributed by atoms with Crippen LogP contribution in [0.2, 0.25) is 0 Å². The third kappa shape index (κ3) is 4.83. The van der Waals surface area contributed by atoms with Crippen LogP contribution in [-0.4, -0.2) is 38.6 Å². The number of rotatable bonds is 4. The number of hydrogen-bond acceptors (Lipinski definition) is 4. The fourth-order valence-electron chi connectivity index (χ4n) is 4.55. The van der Waals surface area contributed by atoms with Gasteiger partial charge in [-0.3, -0.25) is 9.59 Å². The van der Waals surface area contributed by atoms with E-state index in [0.29, 0.717) is 11.4 Å². The Labute approximate surface area is 196 Å². The molecule has 1 fully saturated rings. The van der Waals surface area contributed by atoms with Gasteiger partial charge in [-0.1, -0.05) is 39.0 Å². The lowest BCUT2D eigenvalue weighted by Crippen LogP contribution is -2.51. The van der Waals surface area contributed by atoms with Crippen molar-refractivity contribution >= 4 is 33.0 Å². The number of carbonyl (C=O) groups is 2. The topological polar surface area (TPSA) is 74.8 Å². The van der Waals surface area contributed by atoms with E-state index < -0.39 is 9.84 Å². The van der Waals surface area contributed by atoms with Crippen molar-refractivity contribution in [3.05, 3.63) is 42.5 Å². The minimum absolute atomic E-state index is 0.0524. The van der Waals surface area contributed by atoms with Gasteiger partial charge in [0.25, 0.3) is 0 Å². The number of amides is 2. The van der Waals surface area contributed by atoms with E-state index in [0.717, 1.165) is 35.3 Å². The Hall–Kier alpha value is -2.67. The lowest BCUT2D eigenvalue weighted by atomic mass is 10.00. The summed E-state index contributed by atoms with van der Waals surface area (Å²) in [5.41, 5.74) is 2.89. The maximum Gasteiger partial charge on any atom is 0.230 e. The molecule has 1 atom stereocenters. The van der Waals surface area contributed by atoms with Crippen LogP contribution in [0.3, 0.4) is 0 Å². The van der Waals surface area contributed by atoms with Gasteiger partial charge in [0.2, 0.25) is 11.8 Å². The maximum absolute atomic E-state index is 13.0. The molecular formula is C26H32N2O4S. The largest absolute Gasteiger partial charge is 0.308 e. The molecule has 0 aromatic heterocycles. The van der Waals surface area contributed by atoms with E-state index in [4.69, 9.17) is 0 Å². The normalized spacial score (nSPS) is 18.8. The number of carbonyl (C=O) groups excluding carboxylic acids is 2. The molecule has 2 amide bonds. The van der Waals surface area contributed by atoms with Gasteiger partial charge in [-0.05, 0) is 60.6 Å². The second-order valence-electron chi connectivity index (χ2n) is 10.5. The molecule has 4 rings (SSSR count). The number of nitrogens with zero attached hydrogens (tertiary/aromatic N) is 2. The molecule has 33 heavy (non-hydrogen) atoms. The third-order valence-corrected chi connectivity index (χ3v) is 8.35. The Morgan fingerprint density at radius 2 is 1.58 bits per heavy atom. The first-order valence-electron chi connectivity index (χ1n) is 11.5.